The summed E-state index contributed by atoms with van der Waals surface area (Å²) in [4.78, 5) is 29.3. The van der Waals surface area contributed by atoms with Crippen molar-refractivity contribution >= 4 is 46.0 Å². The smallest absolute Gasteiger partial charge is 0.257 e. The first-order chi connectivity index (χ1) is 17.4. The quantitative estimate of drug-likeness (QED) is 0.410. The largest absolute Gasteiger partial charge is 0.431 e. The van der Waals surface area contributed by atoms with Gasteiger partial charge in [-0.15, -0.1) is 11.6 Å². The molecule has 8 heteroatoms. The predicted octanol–water partition coefficient (Wildman–Crippen LogP) is 5.11. The number of hydrogen-bond donors (Lipinski definition) is 2. The summed E-state index contributed by atoms with van der Waals surface area (Å²) < 4.78 is 5.77. The molecule has 3 saturated carbocycles. The number of benzene rings is 1. The first-order valence-electron chi connectivity index (χ1n) is 13.0. The molecular formula is C29H32ClNO5S. The second-order valence-corrected chi connectivity index (χ2v) is 13.4. The number of halogens is 1. The van der Waals surface area contributed by atoms with Crippen molar-refractivity contribution in [3.8, 4) is 0 Å². The van der Waals surface area contributed by atoms with Crippen molar-refractivity contribution in [1.82, 2.24) is 4.98 Å². The molecule has 4 unspecified atom stereocenters. The first-order valence-corrected chi connectivity index (χ1v) is 14.4. The maximum atomic E-state index is 13.8. The lowest BCUT2D eigenvalue weighted by Crippen LogP contribution is -2.69. The summed E-state index contributed by atoms with van der Waals surface area (Å²) in [6, 6.07) is 7.43. The zero-order valence-corrected chi connectivity index (χ0v) is 22.8. The third-order valence-corrected chi connectivity index (χ3v) is 12.0. The molecule has 3 fully saturated rings. The number of carbonyl (C=O) groups excluding carboxylic acids is 2. The van der Waals surface area contributed by atoms with Gasteiger partial charge in [-0.3, -0.25) is 9.59 Å². The van der Waals surface area contributed by atoms with Gasteiger partial charge in [0.15, 0.2) is 17.1 Å². The number of fused-ring (bicyclic) bond motifs is 6. The fourth-order valence-electron chi connectivity index (χ4n) is 8.29. The fourth-order valence-corrected chi connectivity index (χ4v) is 9.60. The van der Waals surface area contributed by atoms with Gasteiger partial charge in [0, 0.05) is 10.8 Å². The Morgan fingerprint density at radius 2 is 2.03 bits per heavy atom. The van der Waals surface area contributed by atoms with Crippen LogP contribution in [0.4, 0.5) is 0 Å². The van der Waals surface area contributed by atoms with E-state index in [2.05, 4.69) is 4.98 Å². The van der Waals surface area contributed by atoms with Crippen LogP contribution in [0.2, 0.25) is 0 Å². The average molecular weight is 542 g/mol. The highest BCUT2D eigenvalue weighted by Gasteiger charge is 2.74. The standard InChI is InChI=1S/C29H32ClNO5S/c1-16-12-20-19-9-8-17-13-18(32)10-11-26(17,2)28(19,30)23(33)14-27(20,3)29(16,35)24(34)15-37-25-31-21-6-4-5-7-22(21)36-25/h4-7,10-11,13,16,19-20,23,33,35H,8-9,12,14-15H2,1-3H3/t16-,19?,20?,23+,26?,27?,28+,29+/m1/s1. The second-order valence-electron chi connectivity index (χ2n) is 11.8. The van der Waals surface area contributed by atoms with Gasteiger partial charge in [-0.05, 0) is 67.7 Å². The van der Waals surface area contributed by atoms with Crippen LogP contribution in [0.15, 0.2) is 57.7 Å². The average Bonchev–Trinajstić information content (AvgIpc) is 3.37. The number of para-hydroxylation sites is 2. The van der Waals surface area contributed by atoms with E-state index in [1.54, 1.807) is 12.2 Å². The van der Waals surface area contributed by atoms with Crippen LogP contribution in [0.1, 0.15) is 46.5 Å². The van der Waals surface area contributed by atoms with E-state index in [4.69, 9.17) is 16.0 Å². The van der Waals surface area contributed by atoms with Crippen LogP contribution in [0.3, 0.4) is 0 Å². The maximum absolute atomic E-state index is 13.8. The number of allylic oxidation sites excluding steroid dienone is 4. The lowest BCUT2D eigenvalue weighted by atomic mass is 9.45. The summed E-state index contributed by atoms with van der Waals surface area (Å²) >= 11 is 8.67. The molecule has 2 N–H and O–H groups in total. The Balaban J connectivity index is 1.31. The number of aliphatic hydroxyl groups excluding tert-OH is 1. The number of rotatable bonds is 4. The fraction of sp³-hybridized carbons (Fsp3) is 0.552. The van der Waals surface area contributed by atoms with E-state index in [1.165, 1.54) is 11.8 Å². The normalized spacial score (nSPS) is 42.8. The van der Waals surface area contributed by atoms with Crippen LogP contribution in [-0.4, -0.2) is 49.1 Å². The topological polar surface area (TPSA) is 101 Å². The minimum Gasteiger partial charge on any atom is -0.431 e. The number of hydrogen-bond acceptors (Lipinski definition) is 7. The number of aliphatic hydroxyl groups is 2. The summed E-state index contributed by atoms with van der Waals surface area (Å²) in [6.45, 7) is 5.90. The highest BCUT2D eigenvalue weighted by atomic mass is 35.5. The van der Waals surface area contributed by atoms with E-state index in [0.29, 0.717) is 30.1 Å². The van der Waals surface area contributed by atoms with Crippen LogP contribution in [0.5, 0.6) is 0 Å². The van der Waals surface area contributed by atoms with Crippen molar-refractivity contribution in [2.45, 2.75) is 68.3 Å². The van der Waals surface area contributed by atoms with E-state index < -0.39 is 27.4 Å². The van der Waals surface area contributed by atoms with Crippen LogP contribution in [0, 0.1) is 28.6 Å². The molecule has 0 radical (unpaired) electrons. The van der Waals surface area contributed by atoms with Crippen LogP contribution < -0.4 is 0 Å². The predicted molar refractivity (Wildman–Crippen MR) is 142 cm³/mol. The summed E-state index contributed by atoms with van der Waals surface area (Å²) in [6.07, 6.45) is 6.40. The Labute approximate surface area is 225 Å². The molecule has 4 aliphatic rings. The zero-order valence-electron chi connectivity index (χ0n) is 21.2. The van der Waals surface area contributed by atoms with Gasteiger partial charge in [0.25, 0.3) is 5.22 Å². The lowest BCUT2D eigenvalue weighted by Gasteiger charge is -2.63. The number of ketones is 2. The van der Waals surface area contributed by atoms with E-state index >= 15 is 0 Å². The van der Waals surface area contributed by atoms with Crippen molar-refractivity contribution < 1.29 is 24.2 Å². The zero-order chi connectivity index (χ0) is 26.4. The van der Waals surface area contributed by atoms with Gasteiger partial charge >= 0.3 is 0 Å². The third kappa shape index (κ3) is 3.24. The minimum atomic E-state index is -1.61. The molecule has 1 aromatic carbocycles. The highest BCUT2D eigenvalue weighted by Crippen LogP contribution is 2.71. The van der Waals surface area contributed by atoms with Gasteiger partial charge < -0.3 is 14.6 Å². The summed E-state index contributed by atoms with van der Waals surface area (Å²) in [5, 5.41) is 24.3. The van der Waals surface area contributed by atoms with Crippen LogP contribution in [-0.2, 0) is 9.59 Å². The molecule has 2 aromatic rings. The number of Topliss-reactive ketones (excluding diaryl/α,β-unsaturated/α-hetero) is 1. The van der Waals surface area contributed by atoms with Gasteiger partial charge in [-0.1, -0.05) is 56.3 Å². The van der Waals surface area contributed by atoms with Gasteiger partial charge in [-0.25, -0.2) is 4.98 Å². The minimum absolute atomic E-state index is 0.0260. The van der Waals surface area contributed by atoms with Gasteiger partial charge in [0.05, 0.1) is 16.7 Å². The molecular weight excluding hydrogens is 510 g/mol. The summed E-state index contributed by atoms with van der Waals surface area (Å²) in [7, 11) is 0. The molecule has 37 heavy (non-hydrogen) atoms. The molecule has 0 aliphatic heterocycles. The number of alkyl halides is 1. The molecule has 0 amide bonds. The van der Waals surface area contributed by atoms with Gasteiger partial charge in [0.1, 0.15) is 11.1 Å². The second kappa shape index (κ2) is 8.28. The number of carbonyl (C=O) groups is 2. The molecule has 0 bridgehead atoms. The Kier molecular flexibility index (Phi) is 5.68. The van der Waals surface area contributed by atoms with Crippen LogP contribution in [0.25, 0.3) is 11.1 Å². The molecule has 0 spiro atoms. The first kappa shape index (κ1) is 25.4. The van der Waals surface area contributed by atoms with E-state index in [9.17, 15) is 19.8 Å². The van der Waals surface area contributed by atoms with Gasteiger partial charge in [0.2, 0.25) is 0 Å². The van der Waals surface area contributed by atoms with Crippen LogP contribution >= 0.6 is 23.4 Å². The van der Waals surface area contributed by atoms with E-state index in [0.717, 1.165) is 11.1 Å². The van der Waals surface area contributed by atoms with Crippen molar-refractivity contribution in [2.75, 3.05) is 5.75 Å². The molecule has 4 aliphatic carbocycles. The van der Waals surface area contributed by atoms with Crippen molar-refractivity contribution in [3.05, 3.63) is 48.1 Å². The van der Waals surface area contributed by atoms with E-state index in [1.807, 2.05) is 51.1 Å². The molecule has 6 rings (SSSR count). The molecule has 6 nitrogen and oxygen atoms in total. The summed E-state index contributed by atoms with van der Waals surface area (Å²) in [5.74, 6) is -0.741. The maximum Gasteiger partial charge on any atom is 0.257 e. The third-order valence-electron chi connectivity index (χ3n) is 10.2. The number of nitrogens with zero attached hydrogens (tertiary/aromatic N) is 1. The molecule has 0 saturated heterocycles. The molecule has 8 atom stereocenters. The molecule has 1 heterocycles. The Bertz CT molecular complexity index is 1340. The van der Waals surface area contributed by atoms with E-state index in [-0.39, 0.29) is 41.5 Å². The summed E-state index contributed by atoms with van der Waals surface area (Å²) in [5.41, 5.74) is -0.762. The number of aromatic nitrogens is 1. The number of thioether (sulfide) groups is 1. The Morgan fingerprint density at radius 1 is 1.27 bits per heavy atom. The van der Waals surface area contributed by atoms with Crippen molar-refractivity contribution in [3.63, 3.8) is 0 Å². The van der Waals surface area contributed by atoms with Crippen molar-refractivity contribution in [2.24, 2.45) is 28.6 Å². The number of oxazole rings is 1. The Morgan fingerprint density at radius 3 is 2.78 bits per heavy atom. The Hall–Kier alpha value is -1.93. The van der Waals surface area contributed by atoms with Crippen molar-refractivity contribution in [1.29, 1.82) is 0 Å². The lowest BCUT2D eigenvalue weighted by molar-refractivity contribution is -0.175. The molecule has 196 valence electrons. The SMILES string of the molecule is C[C@@H]1CC2C3CCC4=CC(=O)C=CC4(C)[C@@]3(Cl)[C@@H](O)CC2(C)[C@@]1(O)C(=O)CSc1nc2ccccc2o1. The molecule has 1 aromatic heterocycles. The van der Waals surface area contributed by atoms with Gasteiger partial charge in [-0.2, -0.15) is 0 Å². The highest BCUT2D eigenvalue weighted by molar-refractivity contribution is 7.99. The monoisotopic (exact) mass is 541 g/mol.